The largest absolute Gasteiger partial charge is 0.379 e. The number of hydrogen-bond acceptors (Lipinski definition) is 4. The molecular formula is C19H28N4O. The fourth-order valence-electron chi connectivity index (χ4n) is 3.21. The molecule has 2 aromatic heterocycles. The van der Waals surface area contributed by atoms with Crippen molar-refractivity contribution in [2.75, 3.05) is 26.7 Å². The number of nitrogens with one attached hydrogen (secondary N) is 1. The summed E-state index contributed by atoms with van der Waals surface area (Å²) in [6.45, 7) is 7.72. The lowest BCUT2D eigenvalue weighted by Gasteiger charge is -2.33. The van der Waals surface area contributed by atoms with Gasteiger partial charge in [0.15, 0.2) is 0 Å². The third-order valence-electron chi connectivity index (χ3n) is 5.18. The van der Waals surface area contributed by atoms with Crippen LogP contribution in [-0.4, -0.2) is 52.4 Å². The van der Waals surface area contributed by atoms with Crippen LogP contribution in [0.15, 0.2) is 30.6 Å². The van der Waals surface area contributed by atoms with Gasteiger partial charge in [-0.15, -0.1) is 0 Å². The molecule has 0 aliphatic carbocycles. The first kappa shape index (κ1) is 17.1. The smallest absolute Gasteiger partial charge is 0.0924 e. The van der Waals surface area contributed by atoms with Gasteiger partial charge in [0.1, 0.15) is 0 Å². The van der Waals surface area contributed by atoms with Gasteiger partial charge in [0.25, 0.3) is 0 Å². The van der Waals surface area contributed by atoms with Gasteiger partial charge in [-0.3, -0.25) is 10.1 Å². The maximum Gasteiger partial charge on any atom is 0.0924 e. The van der Waals surface area contributed by atoms with Gasteiger partial charge in [0.2, 0.25) is 0 Å². The number of nitrogens with zero attached hydrogens (tertiary/aromatic N) is 3. The summed E-state index contributed by atoms with van der Waals surface area (Å²) in [6, 6.07) is 6.20. The van der Waals surface area contributed by atoms with Gasteiger partial charge in [0, 0.05) is 43.2 Å². The summed E-state index contributed by atoms with van der Waals surface area (Å²) in [5.74, 6) is 0.583. The molecule has 3 heterocycles. The highest BCUT2D eigenvalue weighted by atomic mass is 16.5. The number of hydrogen-bond donors (Lipinski definition) is 1. The number of aromatic nitrogens is 3. The molecule has 2 aromatic rings. The van der Waals surface area contributed by atoms with Crippen molar-refractivity contribution < 1.29 is 4.74 Å². The second-order valence-corrected chi connectivity index (χ2v) is 7.27. The molecule has 0 unspecified atom stereocenters. The van der Waals surface area contributed by atoms with Crippen LogP contribution in [0.5, 0.6) is 0 Å². The fraction of sp³-hybridized carbons (Fsp3) is 0.579. The number of pyridine rings is 1. The van der Waals surface area contributed by atoms with E-state index < -0.39 is 0 Å². The van der Waals surface area contributed by atoms with Crippen LogP contribution >= 0.6 is 0 Å². The first-order valence-corrected chi connectivity index (χ1v) is 8.80. The van der Waals surface area contributed by atoms with Crippen molar-refractivity contribution in [1.82, 2.24) is 20.1 Å². The van der Waals surface area contributed by atoms with E-state index >= 15 is 0 Å². The standard InChI is InChI=1S/C19H28N4O/c1-19(2,24-3)8-13-23-11-6-16(7-12-23)18-14-17(21-22-18)15-4-9-20-10-5-15/h4-5,9-10,14,16H,6-8,11-13H2,1-3H3,(H,21,22). The van der Waals surface area contributed by atoms with Crippen molar-refractivity contribution in [2.24, 2.45) is 0 Å². The highest BCUT2D eigenvalue weighted by molar-refractivity contribution is 5.58. The van der Waals surface area contributed by atoms with Gasteiger partial charge in [-0.1, -0.05) is 0 Å². The molecule has 0 aromatic carbocycles. The van der Waals surface area contributed by atoms with Crippen molar-refractivity contribution in [2.45, 2.75) is 44.6 Å². The molecular weight excluding hydrogens is 300 g/mol. The summed E-state index contributed by atoms with van der Waals surface area (Å²) >= 11 is 0. The van der Waals surface area contributed by atoms with Crippen LogP contribution < -0.4 is 0 Å². The molecule has 24 heavy (non-hydrogen) atoms. The number of ether oxygens (including phenoxy) is 1. The summed E-state index contributed by atoms with van der Waals surface area (Å²) in [7, 11) is 1.80. The van der Waals surface area contributed by atoms with E-state index in [0.717, 1.165) is 37.3 Å². The van der Waals surface area contributed by atoms with Gasteiger partial charge in [0.05, 0.1) is 11.3 Å². The van der Waals surface area contributed by atoms with E-state index in [9.17, 15) is 0 Å². The molecule has 5 heteroatoms. The molecule has 1 N–H and O–H groups in total. The minimum Gasteiger partial charge on any atom is -0.379 e. The molecule has 0 radical (unpaired) electrons. The zero-order valence-electron chi connectivity index (χ0n) is 15.0. The second-order valence-electron chi connectivity index (χ2n) is 7.27. The molecule has 3 rings (SSSR count). The third-order valence-corrected chi connectivity index (χ3v) is 5.18. The predicted octanol–water partition coefficient (Wildman–Crippen LogP) is 3.47. The van der Waals surface area contributed by atoms with Crippen LogP contribution in [0.2, 0.25) is 0 Å². The molecule has 0 amide bonds. The van der Waals surface area contributed by atoms with E-state index in [1.54, 1.807) is 7.11 Å². The Labute approximate surface area is 144 Å². The summed E-state index contributed by atoms with van der Waals surface area (Å²) < 4.78 is 5.52. The van der Waals surface area contributed by atoms with Crippen LogP contribution in [-0.2, 0) is 4.74 Å². The van der Waals surface area contributed by atoms with Crippen molar-refractivity contribution >= 4 is 0 Å². The predicted molar refractivity (Wildman–Crippen MR) is 95.9 cm³/mol. The Bertz CT molecular complexity index is 630. The molecule has 0 spiro atoms. The topological polar surface area (TPSA) is 54.0 Å². The van der Waals surface area contributed by atoms with E-state index in [0.29, 0.717) is 5.92 Å². The molecule has 130 valence electrons. The highest BCUT2D eigenvalue weighted by Crippen LogP contribution is 2.29. The Morgan fingerprint density at radius 1 is 1.25 bits per heavy atom. The molecule has 1 saturated heterocycles. The monoisotopic (exact) mass is 328 g/mol. The van der Waals surface area contributed by atoms with Gasteiger partial charge >= 0.3 is 0 Å². The first-order valence-electron chi connectivity index (χ1n) is 8.80. The lowest BCUT2D eigenvalue weighted by atomic mass is 9.92. The Morgan fingerprint density at radius 2 is 1.96 bits per heavy atom. The van der Waals surface area contributed by atoms with Crippen molar-refractivity contribution in [3.05, 3.63) is 36.3 Å². The number of rotatable bonds is 6. The summed E-state index contributed by atoms with van der Waals surface area (Å²) in [4.78, 5) is 6.62. The lowest BCUT2D eigenvalue weighted by Crippen LogP contribution is -2.37. The quantitative estimate of drug-likeness (QED) is 0.882. The number of piperidine rings is 1. The maximum absolute atomic E-state index is 5.52. The molecule has 1 aliphatic rings. The average molecular weight is 328 g/mol. The Kier molecular flexibility index (Phi) is 5.31. The van der Waals surface area contributed by atoms with E-state index in [1.165, 1.54) is 18.5 Å². The van der Waals surface area contributed by atoms with Gasteiger partial charge in [-0.2, -0.15) is 5.10 Å². The third kappa shape index (κ3) is 4.22. The van der Waals surface area contributed by atoms with Crippen molar-refractivity contribution in [3.63, 3.8) is 0 Å². The maximum atomic E-state index is 5.52. The molecule has 1 fully saturated rings. The highest BCUT2D eigenvalue weighted by Gasteiger charge is 2.24. The minimum absolute atomic E-state index is 0.0281. The Morgan fingerprint density at radius 3 is 2.62 bits per heavy atom. The fourth-order valence-corrected chi connectivity index (χ4v) is 3.21. The van der Waals surface area contributed by atoms with Gasteiger partial charge in [-0.25, -0.2) is 0 Å². The van der Waals surface area contributed by atoms with Crippen molar-refractivity contribution in [3.8, 4) is 11.3 Å². The Hall–Kier alpha value is -1.72. The minimum atomic E-state index is -0.0281. The van der Waals surface area contributed by atoms with Crippen LogP contribution in [0.3, 0.4) is 0 Å². The number of aromatic amines is 1. The number of methoxy groups -OCH3 is 1. The average Bonchev–Trinajstić information content (AvgIpc) is 3.11. The van der Waals surface area contributed by atoms with Crippen LogP contribution in [0.1, 0.15) is 44.7 Å². The van der Waals surface area contributed by atoms with E-state index in [4.69, 9.17) is 4.74 Å². The van der Waals surface area contributed by atoms with Crippen LogP contribution in [0, 0.1) is 0 Å². The zero-order valence-corrected chi connectivity index (χ0v) is 15.0. The molecule has 0 atom stereocenters. The van der Waals surface area contributed by atoms with Gasteiger partial charge in [-0.05, 0) is 64.4 Å². The zero-order chi connectivity index (χ0) is 17.0. The van der Waals surface area contributed by atoms with E-state index in [2.05, 4.69) is 40.0 Å². The van der Waals surface area contributed by atoms with Crippen LogP contribution in [0.4, 0.5) is 0 Å². The number of likely N-dealkylation sites (tertiary alicyclic amines) is 1. The molecule has 5 nitrogen and oxygen atoms in total. The lowest BCUT2D eigenvalue weighted by molar-refractivity contribution is 0.00568. The Balaban J connectivity index is 1.53. The second kappa shape index (κ2) is 7.45. The van der Waals surface area contributed by atoms with Gasteiger partial charge < -0.3 is 9.64 Å². The molecule has 0 bridgehead atoms. The molecule has 1 aliphatic heterocycles. The first-order chi connectivity index (χ1) is 11.6. The molecule has 0 saturated carbocycles. The summed E-state index contributed by atoms with van der Waals surface area (Å²) in [5, 5.41) is 7.72. The normalized spacial score (nSPS) is 17.3. The number of H-pyrrole nitrogens is 1. The van der Waals surface area contributed by atoms with Crippen LogP contribution in [0.25, 0.3) is 11.3 Å². The van der Waals surface area contributed by atoms with E-state index in [1.807, 2.05) is 24.5 Å². The summed E-state index contributed by atoms with van der Waals surface area (Å²) in [6.07, 6.45) is 7.06. The van der Waals surface area contributed by atoms with E-state index in [-0.39, 0.29) is 5.60 Å². The van der Waals surface area contributed by atoms with Crippen molar-refractivity contribution in [1.29, 1.82) is 0 Å². The SMILES string of the molecule is COC(C)(C)CCN1CCC(c2cc(-c3ccncc3)n[nH]2)CC1. The summed E-state index contributed by atoms with van der Waals surface area (Å²) in [5.41, 5.74) is 3.36.